The van der Waals surface area contributed by atoms with E-state index in [-0.39, 0.29) is 0 Å². The molecule has 0 amide bonds. The lowest BCUT2D eigenvalue weighted by atomic mass is 10.1. The Morgan fingerprint density at radius 2 is 2.21 bits per heavy atom. The van der Waals surface area contributed by atoms with Crippen LogP contribution in [0, 0.1) is 0 Å². The summed E-state index contributed by atoms with van der Waals surface area (Å²) >= 11 is 0. The molecule has 0 aliphatic carbocycles. The summed E-state index contributed by atoms with van der Waals surface area (Å²) in [5.41, 5.74) is 8.95. The molecule has 0 unspecified atom stereocenters. The van der Waals surface area contributed by atoms with Gasteiger partial charge in [-0.3, -0.25) is 4.99 Å². The zero-order valence-corrected chi connectivity index (χ0v) is 8.70. The minimum Gasteiger partial charge on any atom is -0.326 e. The van der Waals surface area contributed by atoms with Gasteiger partial charge in [0.05, 0.1) is 0 Å². The molecule has 0 saturated carbocycles. The Morgan fingerprint density at radius 1 is 1.43 bits per heavy atom. The molecule has 0 bridgehead atoms. The summed E-state index contributed by atoms with van der Waals surface area (Å²) in [5.74, 6) is 0. The Morgan fingerprint density at radius 3 is 2.86 bits per heavy atom. The standard InChI is InChI=1S/C12H16N2/c1-10(2)8-14-9-12-5-3-4-11(6-12)7-13/h3-6,8-9H,7,13H2,1-2H3/b14-9+. The average molecular weight is 188 g/mol. The van der Waals surface area contributed by atoms with Crippen LogP contribution in [0.2, 0.25) is 0 Å². The van der Waals surface area contributed by atoms with E-state index in [1.807, 2.05) is 50.5 Å². The molecule has 0 heterocycles. The van der Waals surface area contributed by atoms with Crippen LogP contribution in [0.3, 0.4) is 0 Å². The summed E-state index contributed by atoms with van der Waals surface area (Å²) in [5, 5.41) is 0. The third kappa shape index (κ3) is 3.54. The Kier molecular flexibility index (Phi) is 4.08. The van der Waals surface area contributed by atoms with Gasteiger partial charge < -0.3 is 5.73 Å². The first kappa shape index (κ1) is 10.7. The summed E-state index contributed by atoms with van der Waals surface area (Å²) in [6, 6.07) is 8.06. The highest BCUT2D eigenvalue weighted by molar-refractivity contribution is 5.80. The molecule has 74 valence electrons. The second-order valence-corrected chi connectivity index (χ2v) is 3.43. The second-order valence-electron chi connectivity index (χ2n) is 3.43. The molecule has 2 N–H and O–H groups in total. The van der Waals surface area contributed by atoms with Gasteiger partial charge in [-0.05, 0) is 31.0 Å². The van der Waals surface area contributed by atoms with Gasteiger partial charge in [0.2, 0.25) is 0 Å². The number of allylic oxidation sites excluding steroid dienone is 1. The van der Waals surface area contributed by atoms with E-state index in [4.69, 9.17) is 5.73 Å². The summed E-state index contributed by atoms with van der Waals surface area (Å²) in [6.07, 6.45) is 3.68. The zero-order valence-electron chi connectivity index (χ0n) is 8.70. The number of nitrogens with two attached hydrogens (primary N) is 1. The number of nitrogens with zero attached hydrogens (tertiary/aromatic N) is 1. The van der Waals surface area contributed by atoms with Crippen molar-refractivity contribution < 1.29 is 0 Å². The van der Waals surface area contributed by atoms with E-state index < -0.39 is 0 Å². The molecule has 2 nitrogen and oxygen atoms in total. The van der Waals surface area contributed by atoms with E-state index in [0.717, 1.165) is 11.1 Å². The minimum absolute atomic E-state index is 0.574. The fraction of sp³-hybridized carbons (Fsp3) is 0.250. The lowest BCUT2D eigenvalue weighted by Gasteiger charge is -1.96. The summed E-state index contributed by atoms with van der Waals surface area (Å²) in [4.78, 5) is 4.19. The maximum Gasteiger partial charge on any atom is 0.0340 e. The van der Waals surface area contributed by atoms with E-state index in [1.54, 1.807) is 0 Å². The van der Waals surface area contributed by atoms with Crippen LogP contribution in [0.15, 0.2) is 41.0 Å². The van der Waals surface area contributed by atoms with Crippen molar-refractivity contribution >= 4 is 6.21 Å². The van der Waals surface area contributed by atoms with Crippen LogP contribution in [0.1, 0.15) is 25.0 Å². The molecular weight excluding hydrogens is 172 g/mol. The van der Waals surface area contributed by atoms with Crippen LogP contribution in [0.5, 0.6) is 0 Å². The monoisotopic (exact) mass is 188 g/mol. The van der Waals surface area contributed by atoms with E-state index in [1.165, 1.54) is 5.57 Å². The summed E-state index contributed by atoms with van der Waals surface area (Å²) < 4.78 is 0. The molecular formula is C12H16N2. The van der Waals surface area contributed by atoms with Gasteiger partial charge in [0.1, 0.15) is 0 Å². The molecule has 2 heteroatoms. The van der Waals surface area contributed by atoms with Gasteiger partial charge in [-0.2, -0.15) is 0 Å². The second kappa shape index (κ2) is 5.35. The van der Waals surface area contributed by atoms with Crippen molar-refractivity contribution in [1.82, 2.24) is 0 Å². The summed E-state index contributed by atoms with van der Waals surface area (Å²) in [6.45, 7) is 4.62. The minimum atomic E-state index is 0.574. The highest BCUT2D eigenvalue weighted by Gasteiger charge is 1.89. The first-order valence-electron chi connectivity index (χ1n) is 4.68. The van der Waals surface area contributed by atoms with Crippen molar-refractivity contribution in [1.29, 1.82) is 0 Å². The molecule has 0 radical (unpaired) electrons. The third-order valence-corrected chi connectivity index (χ3v) is 1.74. The maximum absolute atomic E-state index is 5.54. The van der Waals surface area contributed by atoms with Crippen LogP contribution >= 0.6 is 0 Å². The first-order chi connectivity index (χ1) is 6.72. The molecule has 0 fully saturated rings. The predicted octanol–water partition coefficient (Wildman–Crippen LogP) is 2.49. The molecule has 0 spiro atoms. The topological polar surface area (TPSA) is 38.4 Å². The Labute approximate surface area is 85.2 Å². The molecule has 1 aromatic rings. The summed E-state index contributed by atoms with van der Waals surface area (Å²) in [7, 11) is 0. The Hall–Kier alpha value is -1.41. The molecule has 1 rings (SSSR count). The normalized spacial score (nSPS) is 10.5. The van der Waals surface area contributed by atoms with Crippen LogP contribution in [-0.2, 0) is 6.54 Å². The molecule has 0 atom stereocenters. The lowest BCUT2D eigenvalue weighted by molar-refractivity contribution is 1.07. The van der Waals surface area contributed by atoms with Crippen molar-refractivity contribution in [2.24, 2.45) is 10.7 Å². The average Bonchev–Trinajstić information content (AvgIpc) is 2.18. The van der Waals surface area contributed by atoms with Gasteiger partial charge in [0, 0.05) is 19.0 Å². The van der Waals surface area contributed by atoms with Gasteiger partial charge in [-0.25, -0.2) is 0 Å². The van der Waals surface area contributed by atoms with Crippen molar-refractivity contribution in [2.75, 3.05) is 0 Å². The largest absolute Gasteiger partial charge is 0.326 e. The van der Waals surface area contributed by atoms with E-state index in [0.29, 0.717) is 6.54 Å². The fourth-order valence-corrected chi connectivity index (χ4v) is 1.07. The fourth-order valence-electron chi connectivity index (χ4n) is 1.07. The van der Waals surface area contributed by atoms with Crippen molar-refractivity contribution in [3.8, 4) is 0 Å². The number of aliphatic imine (C=N–C) groups is 1. The van der Waals surface area contributed by atoms with Crippen LogP contribution < -0.4 is 5.73 Å². The molecule has 14 heavy (non-hydrogen) atoms. The zero-order chi connectivity index (χ0) is 10.4. The van der Waals surface area contributed by atoms with Gasteiger partial charge in [0.25, 0.3) is 0 Å². The maximum atomic E-state index is 5.54. The molecule has 0 aromatic heterocycles. The first-order valence-corrected chi connectivity index (χ1v) is 4.68. The Balaban J connectivity index is 2.76. The lowest BCUT2D eigenvalue weighted by Crippen LogP contribution is -1.96. The number of rotatable bonds is 3. The van der Waals surface area contributed by atoms with Gasteiger partial charge in [-0.15, -0.1) is 0 Å². The predicted molar refractivity (Wildman–Crippen MR) is 61.4 cm³/mol. The smallest absolute Gasteiger partial charge is 0.0340 e. The van der Waals surface area contributed by atoms with Crippen LogP contribution in [0.4, 0.5) is 0 Å². The highest BCUT2D eigenvalue weighted by Crippen LogP contribution is 2.02. The quantitative estimate of drug-likeness (QED) is 0.727. The highest BCUT2D eigenvalue weighted by atomic mass is 14.7. The van der Waals surface area contributed by atoms with Gasteiger partial charge in [0.15, 0.2) is 0 Å². The van der Waals surface area contributed by atoms with E-state index in [2.05, 4.69) is 4.99 Å². The number of benzene rings is 1. The van der Waals surface area contributed by atoms with Crippen molar-refractivity contribution in [3.63, 3.8) is 0 Å². The van der Waals surface area contributed by atoms with Gasteiger partial charge >= 0.3 is 0 Å². The number of hydrogen-bond acceptors (Lipinski definition) is 2. The molecule has 1 aromatic carbocycles. The number of hydrogen-bond donors (Lipinski definition) is 1. The van der Waals surface area contributed by atoms with Gasteiger partial charge in [-0.1, -0.05) is 23.8 Å². The Bertz CT molecular complexity index is 347. The molecule has 0 aliphatic heterocycles. The van der Waals surface area contributed by atoms with Crippen LogP contribution in [-0.4, -0.2) is 6.21 Å². The van der Waals surface area contributed by atoms with Crippen molar-refractivity contribution in [2.45, 2.75) is 20.4 Å². The van der Waals surface area contributed by atoms with Crippen molar-refractivity contribution in [3.05, 3.63) is 47.2 Å². The SMILES string of the molecule is CC(C)=C/N=C/c1cccc(CN)c1. The van der Waals surface area contributed by atoms with Crippen LogP contribution in [0.25, 0.3) is 0 Å². The van der Waals surface area contributed by atoms with E-state index in [9.17, 15) is 0 Å². The molecule has 0 aliphatic rings. The third-order valence-electron chi connectivity index (χ3n) is 1.74. The van der Waals surface area contributed by atoms with E-state index >= 15 is 0 Å². The molecule has 0 saturated heterocycles.